The van der Waals surface area contributed by atoms with Crippen molar-refractivity contribution in [2.24, 2.45) is 0 Å². The minimum Gasteiger partial charge on any atom is -0.478 e. The van der Waals surface area contributed by atoms with Gasteiger partial charge in [0, 0.05) is 22.8 Å². The number of carboxylic acid groups (broad SMARTS) is 1. The average molecular weight is 572 g/mol. The fourth-order valence-electron chi connectivity index (χ4n) is 5.26. The molecule has 0 radical (unpaired) electrons. The molecular weight excluding hydrogens is 540 g/mol. The lowest BCUT2D eigenvalue weighted by molar-refractivity contribution is -0.145. The number of hydrogen-bond donors (Lipinski definition) is 1. The van der Waals surface area contributed by atoms with E-state index in [4.69, 9.17) is 9.15 Å². The lowest BCUT2D eigenvalue weighted by atomic mass is 9.89. The van der Waals surface area contributed by atoms with E-state index in [1.165, 1.54) is 0 Å². The molecule has 1 N–H and O–H groups in total. The molecule has 0 aliphatic rings. The summed E-state index contributed by atoms with van der Waals surface area (Å²) in [6, 6.07) is 22.3. The van der Waals surface area contributed by atoms with Crippen molar-refractivity contribution in [1.82, 2.24) is 0 Å². The third kappa shape index (κ3) is 4.60. The van der Waals surface area contributed by atoms with Crippen LogP contribution < -0.4 is 4.74 Å². The molecule has 0 bridgehead atoms. The monoisotopic (exact) mass is 570 g/mol. The SMILES string of the molecule is CCc1cc(-c2c3ccccc3c(Br)c3oc(C)c(C)c23)cc(CC)c1OC(Cc1ccccc1)C(=O)O. The van der Waals surface area contributed by atoms with Gasteiger partial charge in [0.15, 0.2) is 6.10 Å². The minimum absolute atomic E-state index is 0.301. The Balaban J connectivity index is 1.70. The molecule has 0 saturated heterocycles. The fraction of sp³-hybridized carbons (Fsp3) is 0.242. The highest BCUT2D eigenvalue weighted by Gasteiger charge is 2.25. The Hall–Kier alpha value is -3.57. The topological polar surface area (TPSA) is 59.7 Å². The predicted octanol–water partition coefficient (Wildman–Crippen LogP) is 8.83. The van der Waals surface area contributed by atoms with Crippen molar-refractivity contribution in [3.8, 4) is 16.9 Å². The Bertz CT molecular complexity index is 1620. The number of benzene rings is 4. The van der Waals surface area contributed by atoms with Crippen molar-refractivity contribution >= 4 is 43.6 Å². The smallest absolute Gasteiger partial charge is 0.345 e. The molecule has 1 unspecified atom stereocenters. The summed E-state index contributed by atoms with van der Waals surface area (Å²) in [5, 5.41) is 13.3. The van der Waals surface area contributed by atoms with Gasteiger partial charge in [0.25, 0.3) is 0 Å². The second-order valence-electron chi connectivity index (χ2n) is 9.69. The van der Waals surface area contributed by atoms with Gasteiger partial charge in [-0.2, -0.15) is 0 Å². The summed E-state index contributed by atoms with van der Waals surface area (Å²) in [6.45, 7) is 8.27. The van der Waals surface area contributed by atoms with Gasteiger partial charge in [0.1, 0.15) is 17.1 Å². The molecule has 1 heterocycles. The van der Waals surface area contributed by atoms with Crippen molar-refractivity contribution in [1.29, 1.82) is 0 Å². The van der Waals surface area contributed by atoms with Gasteiger partial charge in [-0.1, -0.05) is 68.4 Å². The molecule has 4 aromatic carbocycles. The molecule has 5 heteroatoms. The van der Waals surface area contributed by atoms with Crippen molar-refractivity contribution < 1.29 is 19.1 Å². The lowest BCUT2D eigenvalue weighted by Gasteiger charge is -2.22. The Labute approximate surface area is 231 Å². The molecule has 4 nitrogen and oxygen atoms in total. The van der Waals surface area contributed by atoms with E-state index in [1.807, 2.05) is 43.3 Å². The number of carboxylic acids is 1. The van der Waals surface area contributed by atoms with E-state index >= 15 is 0 Å². The maximum atomic E-state index is 12.2. The molecule has 38 heavy (non-hydrogen) atoms. The third-order valence-electron chi connectivity index (χ3n) is 7.36. The summed E-state index contributed by atoms with van der Waals surface area (Å²) in [5.74, 6) is 0.612. The van der Waals surface area contributed by atoms with Crippen molar-refractivity contribution in [3.63, 3.8) is 0 Å². The largest absolute Gasteiger partial charge is 0.478 e. The first-order valence-corrected chi connectivity index (χ1v) is 13.8. The lowest BCUT2D eigenvalue weighted by Crippen LogP contribution is -2.30. The quantitative estimate of drug-likeness (QED) is 0.202. The maximum absolute atomic E-state index is 12.2. The van der Waals surface area contributed by atoms with Gasteiger partial charge in [0.05, 0.1) is 4.47 Å². The van der Waals surface area contributed by atoms with Crippen LogP contribution in [0.5, 0.6) is 5.75 Å². The average Bonchev–Trinajstić information content (AvgIpc) is 3.23. The Morgan fingerprint density at radius 2 is 1.55 bits per heavy atom. The summed E-state index contributed by atoms with van der Waals surface area (Å²) >= 11 is 3.80. The number of aryl methyl sites for hydroxylation is 4. The van der Waals surface area contributed by atoms with Crippen molar-refractivity contribution in [3.05, 3.63) is 99.2 Å². The fourth-order valence-corrected chi connectivity index (χ4v) is 5.88. The molecule has 0 amide bonds. The van der Waals surface area contributed by atoms with Crippen LogP contribution in [0, 0.1) is 13.8 Å². The van der Waals surface area contributed by atoms with Crippen LogP contribution in [0.1, 0.15) is 41.9 Å². The van der Waals surface area contributed by atoms with Crippen LogP contribution in [0.2, 0.25) is 0 Å². The van der Waals surface area contributed by atoms with E-state index in [2.05, 4.69) is 67.0 Å². The van der Waals surface area contributed by atoms with E-state index in [9.17, 15) is 9.90 Å². The van der Waals surface area contributed by atoms with Gasteiger partial charge in [-0.15, -0.1) is 0 Å². The summed E-state index contributed by atoms with van der Waals surface area (Å²) in [5.41, 5.74) is 7.10. The van der Waals surface area contributed by atoms with Gasteiger partial charge < -0.3 is 14.3 Å². The van der Waals surface area contributed by atoms with Crippen LogP contribution in [-0.2, 0) is 24.1 Å². The highest BCUT2D eigenvalue weighted by molar-refractivity contribution is 9.10. The van der Waals surface area contributed by atoms with E-state index in [0.29, 0.717) is 12.2 Å². The molecule has 0 spiro atoms. The summed E-state index contributed by atoms with van der Waals surface area (Å²) in [6.07, 6.45) is 0.761. The summed E-state index contributed by atoms with van der Waals surface area (Å²) in [7, 11) is 0. The van der Waals surface area contributed by atoms with Crippen LogP contribution in [0.15, 0.2) is 75.6 Å². The second kappa shape index (κ2) is 10.7. The third-order valence-corrected chi connectivity index (χ3v) is 8.15. The molecular formula is C33H31BrO4. The summed E-state index contributed by atoms with van der Waals surface area (Å²) in [4.78, 5) is 12.2. The zero-order valence-electron chi connectivity index (χ0n) is 22.1. The minimum atomic E-state index is -0.974. The van der Waals surface area contributed by atoms with Crippen LogP contribution in [0.3, 0.4) is 0 Å². The zero-order valence-corrected chi connectivity index (χ0v) is 23.7. The maximum Gasteiger partial charge on any atom is 0.345 e. The number of ether oxygens (including phenoxy) is 1. The van der Waals surface area contributed by atoms with E-state index in [1.54, 1.807) is 0 Å². The van der Waals surface area contributed by atoms with Gasteiger partial charge in [-0.05, 0) is 88.0 Å². The van der Waals surface area contributed by atoms with Gasteiger partial charge in [-0.25, -0.2) is 4.79 Å². The molecule has 0 saturated carbocycles. The first-order chi connectivity index (χ1) is 18.3. The molecule has 0 fully saturated rings. The highest BCUT2D eigenvalue weighted by atomic mass is 79.9. The normalized spacial score (nSPS) is 12.2. The first-order valence-electron chi connectivity index (χ1n) is 13.0. The predicted molar refractivity (Wildman–Crippen MR) is 157 cm³/mol. The van der Waals surface area contributed by atoms with Gasteiger partial charge >= 0.3 is 5.97 Å². The Morgan fingerprint density at radius 1 is 0.947 bits per heavy atom. The number of halogens is 1. The highest BCUT2D eigenvalue weighted by Crippen LogP contribution is 2.46. The number of fused-ring (bicyclic) bond motifs is 2. The Morgan fingerprint density at radius 3 is 2.16 bits per heavy atom. The van der Waals surface area contributed by atoms with Crippen LogP contribution in [-0.4, -0.2) is 17.2 Å². The van der Waals surface area contributed by atoms with E-state index in [-0.39, 0.29) is 0 Å². The molecule has 5 aromatic rings. The molecule has 1 aromatic heterocycles. The number of furan rings is 1. The van der Waals surface area contributed by atoms with Crippen LogP contribution >= 0.6 is 15.9 Å². The number of rotatable bonds is 8. The van der Waals surface area contributed by atoms with Crippen LogP contribution in [0.25, 0.3) is 32.9 Å². The molecule has 1 atom stereocenters. The standard InChI is InChI=1S/C33H31BrO4/c1-5-22-17-24(18-23(6-2)31(22)38-27(33(35)36)16-21-12-8-7-9-13-21)29-25-14-10-11-15-26(25)30(34)32-28(29)19(3)20(4)37-32/h7-15,17-18,27H,5-6,16H2,1-4H3,(H,35,36). The summed E-state index contributed by atoms with van der Waals surface area (Å²) < 4.78 is 13.5. The molecule has 0 aliphatic heterocycles. The van der Waals surface area contributed by atoms with Crippen molar-refractivity contribution in [2.75, 3.05) is 0 Å². The zero-order chi connectivity index (χ0) is 27.0. The van der Waals surface area contributed by atoms with E-state index in [0.717, 1.165) is 78.2 Å². The number of hydrogen-bond acceptors (Lipinski definition) is 3. The molecule has 5 rings (SSSR count). The number of carbonyl (C=O) groups is 1. The Kier molecular flexibility index (Phi) is 7.31. The van der Waals surface area contributed by atoms with Gasteiger partial charge in [-0.3, -0.25) is 0 Å². The molecule has 0 aliphatic carbocycles. The van der Waals surface area contributed by atoms with E-state index < -0.39 is 12.1 Å². The first kappa shape index (κ1) is 26.1. The van der Waals surface area contributed by atoms with Gasteiger partial charge in [0.2, 0.25) is 0 Å². The molecule has 194 valence electrons. The van der Waals surface area contributed by atoms with Crippen molar-refractivity contribution in [2.45, 2.75) is 53.1 Å². The van der Waals surface area contributed by atoms with Crippen LogP contribution in [0.4, 0.5) is 0 Å². The number of aliphatic carboxylic acids is 1. The second-order valence-corrected chi connectivity index (χ2v) is 10.5.